The lowest BCUT2D eigenvalue weighted by Gasteiger charge is -2.41. The number of methoxy groups -OCH3 is 1. The molecule has 1 N–H and O–H groups in total. The fraction of sp³-hybridized carbons (Fsp3) is 0.350. The Bertz CT molecular complexity index is 669. The molecule has 0 aliphatic carbocycles. The molecule has 0 aromatic heterocycles. The van der Waals surface area contributed by atoms with Crippen molar-refractivity contribution >= 4 is 5.91 Å². The monoisotopic (exact) mass is 325 g/mol. The second-order valence-electron chi connectivity index (χ2n) is 6.21. The molecule has 1 aliphatic heterocycles. The highest BCUT2D eigenvalue weighted by Crippen LogP contribution is 2.38. The number of aliphatic hydroxyl groups is 1. The first kappa shape index (κ1) is 16.5. The Balaban J connectivity index is 1.92. The normalized spacial score (nSPS) is 20.9. The van der Waals surface area contributed by atoms with Crippen LogP contribution in [-0.2, 0) is 11.3 Å². The lowest BCUT2D eigenvalue weighted by molar-refractivity contribution is -0.140. The third-order valence-electron chi connectivity index (χ3n) is 4.72. The van der Waals surface area contributed by atoms with Gasteiger partial charge in [0.05, 0.1) is 13.2 Å². The van der Waals surface area contributed by atoms with E-state index in [1.807, 2.05) is 59.5 Å². The van der Waals surface area contributed by atoms with Crippen LogP contribution in [0.4, 0.5) is 0 Å². The highest BCUT2D eigenvalue weighted by atomic mass is 16.5. The summed E-state index contributed by atoms with van der Waals surface area (Å²) in [5, 5.41) is 9.83. The number of nitrogens with zero attached hydrogens (tertiary/aromatic N) is 1. The summed E-state index contributed by atoms with van der Waals surface area (Å²) in [5.41, 5.74) is 2.14. The van der Waals surface area contributed by atoms with E-state index >= 15 is 0 Å². The van der Waals surface area contributed by atoms with Crippen molar-refractivity contribution < 1.29 is 14.6 Å². The van der Waals surface area contributed by atoms with Crippen LogP contribution in [0.5, 0.6) is 5.75 Å². The maximum Gasteiger partial charge on any atom is 0.223 e. The van der Waals surface area contributed by atoms with Crippen LogP contribution < -0.4 is 4.74 Å². The lowest BCUT2D eigenvalue weighted by atomic mass is 9.84. The van der Waals surface area contributed by atoms with Crippen molar-refractivity contribution in [1.29, 1.82) is 0 Å². The van der Waals surface area contributed by atoms with E-state index in [4.69, 9.17) is 4.74 Å². The number of amides is 1. The molecule has 126 valence electrons. The van der Waals surface area contributed by atoms with Crippen LogP contribution in [0.2, 0.25) is 0 Å². The predicted octanol–water partition coefficient (Wildman–Crippen LogP) is 3.17. The Hall–Kier alpha value is -2.33. The first-order chi connectivity index (χ1) is 11.7. The molecule has 0 bridgehead atoms. The number of aliphatic hydroxyl groups excluding tert-OH is 1. The molecular formula is C20H23NO3. The van der Waals surface area contributed by atoms with Crippen molar-refractivity contribution in [2.75, 3.05) is 13.7 Å². The molecule has 0 saturated carbocycles. The summed E-state index contributed by atoms with van der Waals surface area (Å²) < 4.78 is 5.22. The van der Waals surface area contributed by atoms with Gasteiger partial charge in [0.25, 0.3) is 0 Å². The number of piperidine rings is 1. The molecule has 2 aromatic rings. The van der Waals surface area contributed by atoms with Gasteiger partial charge in [0.15, 0.2) is 0 Å². The number of likely N-dealkylation sites (tertiary alicyclic amines) is 1. The van der Waals surface area contributed by atoms with E-state index < -0.39 is 0 Å². The van der Waals surface area contributed by atoms with Gasteiger partial charge in [-0.25, -0.2) is 0 Å². The van der Waals surface area contributed by atoms with Gasteiger partial charge in [-0.05, 0) is 29.7 Å². The van der Waals surface area contributed by atoms with Crippen molar-refractivity contribution in [2.45, 2.75) is 25.4 Å². The summed E-state index contributed by atoms with van der Waals surface area (Å²) in [6.45, 7) is 0.641. The Morgan fingerprint density at radius 3 is 2.46 bits per heavy atom. The largest absolute Gasteiger partial charge is 0.497 e. The molecule has 1 fully saturated rings. The first-order valence-electron chi connectivity index (χ1n) is 8.31. The summed E-state index contributed by atoms with van der Waals surface area (Å²) >= 11 is 0. The molecule has 1 saturated heterocycles. The maximum absolute atomic E-state index is 12.6. The molecule has 1 aliphatic rings. The van der Waals surface area contributed by atoms with E-state index in [1.165, 1.54) is 0 Å². The highest BCUT2D eigenvalue weighted by molar-refractivity contribution is 5.77. The van der Waals surface area contributed by atoms with Crippen molar-refractivity contribution in [3.8, 4) is 5.75 Å². The number of ether oxygens (including phenoxy) is 1. The number of hydrogen-bond acceptors (Lipinski definition) is 3. The van der Waals surface area contributed by atoms with Gasteiger partial charge in [-0.2, -0.15) is 0 Å². The minimum Gasteiger partial charge on any atom is -0.497 e. The molecular weight excluding hydrogens is 302 g/mol. The van der Waals surface area contributed by atoms with E-state index in [2.05, 4.69) is 0 Å². The molecule has 24 heavy (non-hydrogen) atoms. The topological polar surface area (TPSA) is 49.8 Å². The molecule has 0 unspecified atom stereocenters. The number of carbonyl (C=O) groups excluding carboxylic acids is 1. The molecule has 2 aromatic carbocycles. The smallest absolute Gasteiger partial charge is 0.223 e. The van der Waals surface area contributed by atoms with E-state index in [0.717, 1.165) is 23.3 Å². The Morgan fingerprint density at radius 1 is 1.12 bits per heavy atom. The SMILES string of the molecule is COc1ccc([C@H]2[C@@H](CO)CCC(=O)N2Cc2ccccc2)cc1. The van der Waals surface area contributed by atoms with E-state index in [9.17, 15) is 9.90 Å². The van der Waals surface area contributed by atoms with Gasteiger partial charge in [0.1, 0.15) is 5.75 Å². The first-order valence-corrected chi connectivity index (χ1v) is 8.31. The second kappa shape index (κ2) is 7.49. The minimum atomic E-state index is -0.109. The van der Waals surface area contributed by atoms with Gasteiger partial charge < -0.3 is 14.7 Å². The molecule has 1 amide bonds. The molecule has 1 heterocycles. The fourth-order valence-electron chi connectivity index (χ4n) is 3.43. The lowest BCUT2D eigenvalue weighted by Crippen LogP contribution is -2.43. The Kier molecular flexibility index (Phi) is 5.16. The van der Waals surface area contributed by atoms with Crippen LogP contribution in [0.15, 0.2) is 54.6 Å². The van der Waals surface area contributed by atoms with E-state index in [0.29, 0.717) is 13.0 Å². The number of benzene rings is 2. The van der Waals surface area contributed by atoms with Crippen molar-refractivity contribution in [2.24, 2.45) is 5.92 Å². The van der Waals surface area contributed by atoms with Gasteiger partial charge in [-0.3, -0.25) is 4.79 Å². The summed E-state index contributed by atoms with van der Waals surface area (Å²) in [7, 11) is 1.64. The van der Waals surface area contributed by atoms with Gasteiger partial charge in [-0.1, -0.05) is 42.5 Å². The highest BCUT2D eigenvalue weighted by Gasteiger charge is 2.36. The maximum atomic E-state index is 12.6. The molecule has 0 radical (unpaired) electrons. The third kappa shape index (κ3) is 3.44. The second-order valence-corrected chi connectivity index (χ2v) is 6.21. The molecule has 2 atom stereocenters. The van der Waals surface area contributed by atoms with Crippen LogP contribution >= 0.6 is 0 Å². The molecule has 3 rings (SSSR count). The Labute approximate surface area is 142 Å². The zero-order valence-corrected chi connectivity index (χ0v) is 13.9. The average Bonchev–Trinajstić information content (AvgIpc) is 2.64. The minimum absolute atomic E-state index is 0.0554. The molecule has 4 nitrogen and oxygen atoms in total. The van der Waals surface area contributed by atoms with Crippen LogP contribution in [0.25, 0.3) is 0 Å². The van der Waals surface area contributed by atoms with E-state index in [1.54, 1.807) is 7.11 Å². The van der Waals surface area contributed by atoms with Crippen molar-refractivity contribution in [3.05, 3.63) is 65.7 Å². The van der Waals surface area contributed by atoms with Crippen LogP contribution in [0, 0.1) is 5.92 Å². The Morgan fingerprint density at radius 2 is 1.83 bits per heavy atom. The molecule has 0 spiro atoms. The number of carbonyl (C=O) groups is 1. The van der Waals surface area contributed by atoms with Gasteiger partial charge in [-0.15, -0.1) is 0 Å². The summed E-state index contributed by atoms with van der Waals surface area (Å²) in [4.78, 5) is 14.5. The summed E-state index contributed by atoms with van der Waals surface area (Å²) in [6, 6.07) is 17.7. The third-order valence-corrected chi connectivity index (χ3v) is 4.72. The van der Waals surface area contributed by atoms with Crippen LogP contribution in [0.3, 0.4) is 0 Å². The number of rotatable bonds is 5. The van der Waals surface area contributed by atoms with Crippen molar-refractivity contribution in [1.82, 2.24) is 4.90 Å². The van der Waals surface area contributed by atoms with Crippen LogP contribution in [0.1, 0.15) is 30.0 Å². The quantitative estimate of drug-likeness (QED) is 0.918. The van der Waals surface area contributed by atoms with Gasteiger partial charge in [0.2, 0.25) is 5.91 Å². The zero-order valence-electron chi connectivity index (χ0n) is 13.9. The average molecular weight is 325 g/mol. The van der Waals surface area contributed by atoms with Gasteiger partial charge in [0, 0.05) is 25.5 Å². The zero-order chi connectivity index (χ0) is 16.9. The standard InChI is InChI=1S/C20H23NO3/c1-24-18-10-7-16(8-11-18)20-17(14-22)9-12-19(23)21(20)13-15-5-3-2-4-6-15/h2-8,10-11,17,20,22H,9,12-14H2,1H3/t17-,20+/m1/s1. The van der Waals surface area contributed by atoms with Crippen molar-refractivity contribution in [3.63, 3.8) is 0 Å². The van der Waals surface area contributed by atoms with Crippen LogP contribution in [-0.4, -0.2) is 29.6 Å². The van der Waals surface area contributed by atoms with Gasteiger partial charge >= 0.3 is 0 Å². The fourth-order valence-corrected chi connectivity index (χ4v) is 3.43. The number of hydrogen-bond donors (Lipinski definition) is 1. The summed E-state index contributed by atoms with van der Waals surface area (Å²) in [6.07, 6.45) is 1.21. The molecule has 4 heteroatoms. The predicted molar refractivity (Wildman–Crippen MR) is 92.5 cm³/mol. The van der Waals surface area contributed by atoms with E-state index in [-0.39, 0.29) is 24.5 Å². The summed E-state index contributed by atoms with van der Waals surface area (Å²) in [5.74, 6) is 0.986.